The number of rotatable bonds is 9. The highest BCUT2D eigenvalue weighted by molar-refractivity contribution is 7.15. The van der Waals surface area contributed by atoms with Crippen molar-refractivity contribution >= 4 is 28.6 Å². The molecule has 0 unspecified atom stereocenters. The summed E-state index contributed by atoms with van der Waals surface area (Å²) in [5.41, 5.74) is 3.35. The monoisotopic (exact) mass is 386 g/mol. The van der Waals surface area contributed by atoms with E-state index in [0.29, 0.717) is 11.0 Å². The molecule has 1 N–H and O–H groups in total. The maximum absolute atomic E-state index is 6.02. The molecule has 1 heterocycles. The predicted octanol–water partition coefficient (Wildman–Crippen LogP) is 6.64. The van der Waals surface area contributed by atoms with Crippen LogP contribution in [0.5, 0.6) is 5.75 Å². The summed E-state index contributed by atoms with van der Waals surface area (Å²) < 4.78 is 6.59. The first-order valence-electron chi connectivity index (χ1n) is 8.92. The molecule has 0 aliphatic rings. The topological polar surface area (TPSA) is 34.1 Å². The summed E-state index contributed by atoms with van der Waals surface area (Å²) in [6.45, 7) is 3.61. The molecule has 2 aromatic carbocycles. The molecule has 0 saturated carbocycles. The fourth-order valence-corrected chi connectivity index (χ4v) is 3.60. The van der Waals surface area contributed by atoms with Gasteiger partial charge in [-0.3, -0.25) is 0 Å². The second-order valence-corrected chi connectivity index (χ2v) is 7.76. The van der Waals surface area contributed by atoms with Crippen molar-refractivity contribution in [3.8, 4) is 16.9 Å². The fraction of sp³-hybridized carbons (Fsp3) is 0.286. The minimum Gasteiger partial charge on any atom is -0.491 e. The zero-order valence-electron chi connectivity index (χ0n) is 14.9. The molecule has 3 nitrogen and oxygen atoms in total. The Hall–Kier alpha value is -2.04. The van der Waals surface area contributed by atoms with Gasteiger partial charge in [-0.1, -0.05) is 67.8 Å². The number of nitrogens with zero attached hydrogens (tertiary/aromatic N) is 1. The SMILES string of the molecule is CCCCCOc1ccc(-c2ccccc2)cc1NCc1cnc(Cl)s1. The lowest BCUT2D eigenvalue weighted by atomic mass is 10.0. The van der Waals surface area contributed by atoms with Crippen molar-refractivity contribution in [3.63, 3.8) is 0 Å². The van der Waals surface area contributed by atoms with Gasteiger partial charge in [0, 0.05) is 11.1 Å². The van der Waals surface area contributed by atoms with E-state index in [-0.39, 0.29) is 0 Å². The molecular weight excluding hydrogens is 364 g/mol. The minimum atomic E-state index is 0.566. The van der Waals surface area contributed by atoms with E-state index in [4.69, 9.17) is 16.3 Å². The molecule has 0 aliphatic carbocycles. The van der Waals surface area contributed by atoms with E-state index in [1.165, 1.54) is 29.7 Å². The van der Waals surface area contributed by atoms with E-state index in [1.807, 2.05) is 12.3 Å². The molecule has 0 bridgehead atoms. The van der Waals surface area contributed by atoms with Gasteiger partial charge in [0.15, 0.2) is 4.47 Å². The fourth-order valence-electron chi connectivity index (χ4n) is 2.69. The second kappa shape index (κ2) is 9.60. The van der Waals surface area contributed by atoms with Crippen LogP contribution in [0.2, 0.25) is 4.47 Å². The van der Waals surface area contributed by atoms with Crippen molar-refractivity contribution < 1.29 is 4.74 Å². The minimum absolute atomic E-state index is 0.566. The van der Waals surface area contributed by atoms with Gasteiger partial charge < -0.3 is 10.1 Å². The summed E-state index contributed by atoms with van der Waals surface area (Å²) in [6.07, 6.45) is 5.25. The quantitative estimate of drug-likeness (QED) is 0.418. The van der Waals surface area contributed by atoms with E-state index in [9.17, 15) is 0 Å². The highest BCUT2D eigenvalue weighted by Crippen LogP contribution is 2.32. The van der Waals surface area contributed by atoms with Gasteiger partial charge in [-0.25, -0.2) is 4.98 Å². The van der Waals surface area contributed by atoms with E-state index in [0.717, 1.165) is 34.9 Å². The molecule has 0 fully saturated rings. The Morgan fingerprint density at radius 2 is 1.92 bits per heavy atom. The summed E-state index contributed by atoms with van der Waals surface area (Å²) in [4.78, 5) is 5.19. The molecule has 0 atom stereocenters. The predicted molar refractivity (Wildman–Crippen MR) is 111 cm³/mol. The third kappa shape index (κ3) is 5.23. The Morgan fingerprint density at radius 1 is 1.08 bits per heavy atom. The van der Waals surface area contributed by atoms with Gasteiger partial charge in [-0.2, -0.15) is 0 Å². The van der Waals surface area contributed by atoms with E-state index in [1.54, 1.807) is 0 Å². The van der Waals surface area contributed by atoms with Crippen LogP contribution in [0.1, 0.15) is 31.1 Å². The second-order valence-electron chi connectivity index (χ2n) is 6.07. The lowest BCUT2D eigenvalue weighted by molar-refractivity contribution is 0.307. The van der Waals surface area contributed by atoms with Crippen molar-refractivity contribution in [3.05, 3.63) is 64.1 Å². The van der Waals surface area contributed by atoms with Crippen LogP contribution >= 0.6 is 22.9 Å². The zero-order valence-corrected chi connectivity index (χ0v) is 16.4. The van der Waals surface area contributed by atoms with Crippen molar-refractivity contribution in [2.24, 2.45) is 0 Å². The maximum Gasteiger partial charge on any atom is 0.183 e. The molecule has 0 spiro atoms. The molecule has 1 aromatic heterocycles. The Bertz CT molecular complexity index is 820. The number of anilines is 1. The number of benzene rings is 2. The largest absolute Gasteiger partial charge is 0.491 e. The summed E-state index contributed by atoms with van der Waals surface area (Å²) in [5, 5.41) is 3.48. The maximum atomic E-state index is 6.02. The first-order chi connectivity index (χ1) is 12.8. The number of ether oxygens (including phenoxy) is 1. The van der Waals surface area contributed by atoms with Gasteiger partial charge in [0.2, 0.25) is 0 Å². The number of hydrogen-bond donors (Lipinski definition) is 1. The van der Waals surface area contributed by atoms with Gasteiger partial charge in [-0.05, 0) is 29.7 Å². The van der Waals surface area contributed by atoms with Crippen LogP contribution in [-0.4, -0.2) is 11.6 Å². The molecular formula is C21H23ClN2OS. The summed E-state index contributed by atoms with van der Waals surface area (Å²) in [7, 11) is 0. The van der Waals surface area contributed by atoms with Crippen LogP contribution in [0.25, 0.3) is 11.1 Å². The average molecular weight is 387 g/mol. The van der Waals surface area contributed by atoms with Crippen molar-refractivity contribution in [1.29, 1.82) is 0 Å². The first kappa shape index (κ1) is 18.7. The summed E-state index contributed by atoms with van der Waals surface area (Å²) in [5.74, 6) is 0.886. The average Bonchev–Trinajstić information content (AvgIpc) is 3.10. The van der Waals surface area contributed by atoms with Gasteiger partial charge >= 0.3 is 0 Å². The number of unbranched alkanes of at least 4 members (excludes halogenated alkanes) is 2. The molecule has 3 aromatic rings. The molecule has 26 heavy (non-hydrogen) atoms. The van der Waals surface area contributed by atoms with Gasteiger partial charge in [0.25, 0.3) is 0 Å². The smallest absolute Gasteiger partial charge is 0.183 e. The van der Waals surface area contributed by atoms with E-state index < -0.39 is 0 Å². The number of halogens is 1. The number of thiazole rings is 1. The Kier molecular flexibility index (Phi) is 6.92. The molecule has 0 radical (unpaired) electrons. The van der Waals surface area contributed by atoms with E-state index >= 15 is 0 Å². The lowest BCUT2D eigenvalue weighted by Crippen LogP contribution is -2.03. The van der Waals surface area contributed by atoms with E-state index in [2.05, 4.69) is 59.7 Å². The van der Waals surface area contributed by atoms with Gasteiger partial charge in [0.05, 0.1) is 18.8 Å². The van der Waals surface area contributed by atoms with Crippen LogP contribution in [0.4, 0.5) is 5.69 Å². The van der Waals surface area contributed by atoms with Crippen molar-refractivity contribution in [2.45, 2.75) is 32.7 Å². The molecule has 136 valence electrons. The molecule has 0 aliphatic heterocycles. The third-order valence-corrected chi connectivity index (χ3v) is 5.19. The Labute approximate surface area is 164 Å². The van der Waals surface area contributed by atoms with Crippen LogP contribution in [0, 0.1) is 0 Å². The molecule has 3 rings (SSSR count). The van der Waals surface area contributed by atoms with Gasteiger partial charge in [0.1, 0.15) is 5.75 Å². The van der Waals surface area contributed by atoms with Crippen molar-refractivity contribution in [1.82, 2.24) is 4.98 Å². The van der Waals surface area contributed by atoms with Gasteiger partial charge in [-0.15, -0.1) is 11.3 Å². The summed E-state index contributed by atoms with van der Waals surface area (Å²) in [6, 6.07) is 16.7. The highest BCUT2D eigenvalue weighted by Gasteiger charge is 2.08. The first-order valence-corrected chi connectivity index (χ1v) is 10.1. The molecule has 0 saturated heterocycles. The Balaban J connectivity index is 1.78. The van der Waals surface area contributed by atoms with Crippen LogP contribution < -0.4 is 10.1 Å². The van der Waals surface area contributed by atoms with Crippen LogP contribution in [-0.2, 0) is 6.54 Å². The normalized spacial score (nSPS) is 10.7. The standard InChI is InChI=1S/C21H23ClN2OS/c1-2-3-7-12-25-20-11-10-17(16-8-5-4-6-9-16)13-19(20)23-14-18-15-24-21(22)26-18/h4-6,8-11,13,15,23H,2-3,7,12,14H2,1H3. The third-order valence-electron chi connectivity index (χ3n) is 4.07. The Morgan fingerprint density at radius 3 is 2.65 bits per heavy atom. The highest BCUT2D eigenvalue weighted by atomic mass is 35.5. The zero-order chi connectivity index (χ0) is 18.2. The van der Waals surface area contributed by atoms with Crippen LogP contribution in [0.3, 0.4) is 0 Å². The summed E-state index contributed by atoms with van der Waals surface area (Å²) >= 11 is 7.42. The number of aromatic nitrogens is 1. The van der Waals surface area contributed by atoms with Crippen LogP contribution in [0.15, 0.2) is 54.7 Å². The lowest BCUT2D eigenvalue weighted by Gasteiger charge is -2.15. The molecule has 5 heteroatoms. The molecule has 0 amide bonds. The number of hydrogen-bond acceptors (Lipinski definition) is 4. The number of nitrogens with one attached hydrogen (secondary N) is 1. The van der Waals surface area contributed by atoms with Crippen molar-refractivity contribution in [2.75, 3.05) is 11.9 Å².